The Bertz CT molecular complexity index is 859. The van der Waals surface area contributed by atoms with Gasteiger partial charge in [0, 0.05) is 6.07 Å². The molecule has 0 aliphatic carbocycles. The first-order chi connectivity index (χ1) is 11.6. The molecule has 1 amide bonds. The van der Waals surface area contributed by atoms with Gasteiger partial charge in [-0.25, -0.2) is 9.07 Å². The number of aromatic nitrogens is 2. The molecule has 24 heavy (non-hydrogen) atoms. The van der Waals surface area contributed by atoms with Crippen molar-refractivity contribution in [3.63, 3.8) is 0 Å². The SMILES string of the molecule is Cc1cccc(C(=O)Nc2cc(-c3cccs3)nn2CCO)c1F. The lowest BCUT2D eigenvalue weighted by Crippen LogP contribution is -2.18. The third-order valence-electron chi connectivity index (χ3n) is 3.54. The second-order valence-corrected chi connectivity index (χ2v) is 6.18. The normalized spacial score (nSPS) is 10.8. The molecule has 0 fully saturated rings. The minimum absolute atomic E-state index is 0.0237. The summed E-state index contributed by atoms with van der Waals surface area (Å²) in [5.41, 5.74) is 1.08. The fourth-order valence-corrected chi connectivity index (χ4v) is 3.02. The number of carbonyl (C=O) groups is 1. The Labute approximate surface area is 142 Å². The van der Waals surface area contributed by atoms with Crippen molar-refractivity contribution < 1.29 is 14.3 Å². The first-order valence-electron chi connectivity index (χ1n) is 7.39. The van der Waals surface area contributed by atoms with Crippen LogP contribution in [0.3, 0.4) is 0 Å². The monoisotopic (exact) mass is 345 g/mol. The van der Waals surface area contributed by atoms with Gasteiger partial charge in [-0.1, -0.05) is 18.2 Å². The van der Waals surface area contributed by atoms with E-state index in [1.165, 1.54) is 22.1 Å². The molecule has 0 aliphatic heterocycles. The maximum Gasteiger partial charge on any atom is 0.259 e. The van der Waals surface area contributed by atoms with Crippen molar-refractivity contribution in [3.8, 4) is 10.6 Å². The van der Waals surface area contributed by atoms with Crippen LogP contribution >= 0.6 is 11.3 Å². The lowest BCUT2D eigenvalue weighted by atomic mass is 10.1. The van der Waals surface area contributed by atoms with Crippen molar-refractivity contribution in [2.45, 2.75) is 13.5 Å². The van der Waals surface area contributed by atoms with Crippen molar-refractivity contribution in [3.05, 3.63) is 58.7 Å². The van der Waals surface area contributed by atoms with Gasteiger partial charge in [-0.3, -0.25) is 4.79 Å². The number of hydrogen-bond donors (Lipinski definition) is 2. The average molecular weight is 345 g/mol. The molecule has 1 aromatic carbocycles. The summed E-state index contributed by atoms with van der Waals surface area (Å²) in [6.45, 7) is 1.72. The van der Waals surface area contributed by atoms with Crippen LogP contribution in [0, 0.1) is 12.7 Å². The van der Waals surface area contributed by atoms with Crippen LogP contribution in [-0.4, -0.2) is 27.4 Å². The molecule has 0 aliphatic rings. The van der Waals surface area contributed by atoms with Crippen LogP contribution in [-0.2, 0) is 6.54 Å². The Morgan fingerprint density at radius 2 is 2.21 bits per heavy atom. The number of benzene rings is 1. The number of hydrogen-bond acceptors (Lipinski definition) is 4. The molecule has 0 unspecified atom stereocenters. The molecule has 124 valence electrons. The van der Waals surface area contributed by atoms with Gasteiger partial charge in [-0.15, -0.1) is 11.3 Å². The molecular weight excluding hydrogens is 329 g/mol. The maximum atomic E-state index is 14.1. The number of aliphatic hydroxyl groups is 1. The van der Waals surface area contributed by atoms with E-state index in [-0.39, 0.29) is 18.7 Å². The Kier molecular flexibility index (Phi) is 4.73. The molecule has 0 saturated heterocycles. The fourth-order valence-electron chi connectivity index (χ4n) is 2.33. The van der Waals surface area contributed by atoms with Gasteiger partial charge in [0.1, 0.15) is 17.3 Å². The molecule has 0 radical (unpaired) electrons. The summed E-state index contributed by atoms with van der Waals surface area (Å²) in [7, 11) is 0. The standard InChI is InChI=1S/C17H16FN3O2S/c1-11-4-2-5-12(16(11)18)17(23)19-15-10-13(14-6-3-9-24-14)20-21(15)7-8-22/h2-6,9-10,22H,7-8H2,1H3,(H,19,23). The van der Waals surface area contributed by atoms with Crippen LogP contribution in [0.1, 0.15) is 15.9 Å². The highest BCUT2D eigenvalue weighted by Gasteiger charge is 2.17. The third kappa shape index (κ3) is 3.22. The number of carbonyl (C=O) groups excluding carboxylic acids is 1. The number of thiophene rings is 1. The summed E-state index contributed by atoms with van der Waals surface area (Å²) in [6, 6.07) is 10.2. The fraction of sp³-hybridized carbons (Fsp3) is 0.176. The molecule has 3 aromatic rings. The zero-order chi connectivity index (χ0) is 17.1. The Morgan fingerprint density at radius 1 is 1.38 bits per heavy atom. The Balaban J connectivity index is 1.91. The molecular formula is C17H16FN3O2S. The number of amides is 1. The highest BCUT2D eigenvalue weighted by Crippen LogP contribution is 2.26. The van der Waals surface area contributed by atoms with E-state index in [1.807, 2.05) is 17.5 Å². The first-order valence-corrected chi connectivity index (χ1v) is 8.27. The van der Waals surface area contributed by atoms with Crippen LogP contribution in [0.15, 0.2) is 41.8 Å². The van der Waals surface area contributed by atoms with Gasteiger partial charge in [0.25, 0.3) is 5.91 Å². The zero-order valence-electron chi connectivity index (χ0n) is 13.0. The van der Waals surface area contributed by atoms with Crippen LogP contribution in [0.5, 0.6) is 0 Å². The summed E-state index contributed by atoms with van der Waals surface area (Å²) in [5.74, 6) is -0.673. The third-order valence-corrected chi connectivity index (χ3v) is 4.44. The Morgan fingerprint density at radius 3 is 2.92 bits per heavy atom. The predicted molar refractivity (Wildman–Crippen MR) is 91.7 cm³/mol. The van der Waals surface area contributed by atoms with Crippen molar-refractivity contribution in [1.82, 2.24) is 9.78 Å². The van der Waals surface area contributed by atoms with E-state index in [0.717, 1.165) is 4.88 Å². The van der Waals surface area contributed by atoms with Crippen LogP contribution < -0.4 is 5.32 Å². The van der Waals surface area contributed by atoms with Gasteiger partial charge in [0.05, 0.1) is 23.6 Å². The summed E-state index contributed by atoms with van der Waals surface area (Å²) < 4.78 is 15.6. The molecule has 7 heteroatoms. The van der Waals surface area contributed by atoms with E-state index in [0.29, 0.717) is 17.1 Å². The van der Waals surface area contributed by atoms with Gasteiger partial charge in [-0.2, -0.15) is 5.10 Å². The number of nitrogens with one attached hydrogen (secondary N) is 1. The zero-order valence-corrected chi connectivity index (χ0v) is 13.8. The second-order valence-electron chi connectivity index (χ2n) is 5.23. The number of rotatable bonds is 5. The number of anilines is 1. The molecule has 2 N–H and O–H groups in total. The van der Waals surface area contributed by atoms with E-state index >= 15 is 0 Å². The van der Waals surface area contributed by atoms with Crippen LogP contribution in [0.25, 0.3) is 10.6 Å². The Hall–Kier alpha value is -2.51. The topological polar surface area (TPSA) is 67.2 Å². The van der Waals surface area contributed by atoms with Crippen molar-refractivity contribution in [2.75, 3.05) is 11.9 Å². The molecule has 0 saturated carbocycles. The van der Waals surface area contributed by atoms with E-state index in [2.05, 4.69) is 10.4 Å². The molecule has 2 aromatic heterocycles. The van der Waals surface area contributed by atoms with Crippen molar-refractivity contribution >= 4 is 23.1 Å². The average Bonchev–Trinajstić information content (AvgIpc) is 3.20. The number of nitrogens with zero attached hydrogens (tertiary/aromatic N) is 2. The molecule has 5 nitrogen and oxygen atoms in total. The molecule has 3 rings (SSSR count). The predicted octanol–water partition coefficient (Wildman–Crippen LogP) is 3.30. The maximum absolute atomic E-state index is 14.1. The molecule has 0 spiro atoms. The van der Waals surface area contributed by atoms with Gasteiger partial charge >= 0.3 is 0 Å². The van der Waals surface area contributed by atoms with Gasteiger partial charge < -0.3 is 10.4 Å². The van der Waals surface area contributed by atoms with Crippen LogP contribution in [0.4, 0.5) is 10.2 Å². The van der Waals surface area contributed by atoms with Crippen molar-refractivity contribution in [1.29, 1.82) is 0 Å². The molecule has 0 atom stereocenters. The van der Waals surface area contributed by atoms with E-state index in [1.54, 1.807) is 25.1 Å². The van der Waals surface area contributed by atoms with Gasteiger partial charge in [0.15, 0.2) is 0 Å². The molecule has 0 bridgehead atoms. The smallest absolute Gasteiger partial charge is 0.259 e. The highest BCUT2D eigenvalue weighted by molar-refractivity contribution is 7.13. The van der Waals surface area contributed by atoms with Gasteiger partial charge in [-0.05, 0) is 30.0 Å². The minimum Gasteiger partial charge on any atom is -0.394 e. The van der Waals surface area contributed by atoms with Crippen molar-refractivity contribution in [2.24, 2.45) is 0 Å². The number of aryl methyl sites for hydroxylation is 1. The largest absolute Gasteiger partial charge is 0.394 e. The quantitative estimate of drug-likeness (QED) is 0.745. The minimum atomic E-state index is -0.548. The number of aliphatic hydroxyl groups excluding tert-OH is 1. The summed E-state index contributed by atoms with van der Waals surface area (Å²) in [5, 5.41) is 18.2. The summed E-state index contributed by atoms with van der Waals surface area (Å²) in [4.78, 5) is 13.3. The van der Waals surface area contributed by atoms with Crippen LogP contribution in [0.2, 0.25) is 0 Å². The van der Waals surface area contributed by atoms with Gasteiger partial charge in [0.2, 0.25) is 0 Å². The molecule has 2 heterocycles. The van der Waals surface area contributed by atoms with E-state index in [4.69, 9.17) is 0 Å². The summed E-state index contributed by atoms with van der Waals surface area (Å²) in [6.07, 6.45) is 0. The highest BCUT2D eigenvalue weighted by atomic mass is 32.1. The number of halogens is 1. The van der Waals surface area contributed by atoms with E-state index < -0.39 is 11.7 Å². The van der Waals surface area contributed by atoms with E-state index in [9.17, 15) is 14.3 Å². The lowest BCUT2D eigenvalue weighted by Gasteiger charge is -2.09. The lowest BCUT2D eigenvalue weighted by molar-refractivity contribution is 0.102. The summed E-state index contributed by atoms with van der Waals surface area (Å²) >= 11 is 1.52. The first kappa shape index (κ1) is 16.4. The second kappa shape index (κ2) is 6.94.